The van der Waals surface area contributed by atoms with Crippen LogP contribution in [0.3, 0.4) is 0 Å². The normalized spacial score (nSPS) is 12.2. The van der Waals surface area contributed by atoms with E-state index in [0.29, 0.717) is 34.1 Å². The number of carbonyl (C=O) groups excluding carboxylic acids is 1. The fraction of sp³-hybridized carbons (Fsp3) is 0.500. The second-order valence-electron chi connectivity index (χ2n) is 4.49. The lowest BCUT2D eigenvalue weighted by atomic mass is 10.2. The zero-order valence-electron chi connectivity index (χ0n) is 11.7. The fourth-order valence-corrected chi connectivity index (χ4v) is 3.05. The van der Waals surface area contributed by atoms with Crippen LogP contribution in [0.1, 0.15) is 19.4 Å². The Morgan fingerprint density at radius 2 is 2.15 bits per heavy atom. The van der Waals surface area contributed by atoms with Gasteiger partial charge in [-0.25, -0.2) is 0 Å². The first-order valence-electron chi connectivity index (χ1n) is 6.54. The molecule has 0 aliphatic rings. The zero-order valence-corrected chi connectivity index (χ0v) is 14.0. The average Bonchev–Trinajstić information content (AvgIpc) is 2.39. The molecule has 0 radical (unpaired) electrons. The molecule has 1 aromatic carbocycles. The number of nitrogens with one attached hydrogen (secondary N) is 2. The Morgan fingerprint density at radius 3 is 2.80 bits per heavy atom. The van der Waals surface area contributed by atoms with Gasteiger partial charge in [0.25, 0.3) is 0 Å². The highest BCUT2D eigenvalue weighted by molar-refractivity contribution is 7.99. The van der Waals surface area contributed by atoms with E-state index >= 15 is 0 Å². The van der Waals surface area contributed by atoms with Gasteiger partial charge in [0.1, 0.15) is 0 Å². The van der Waals surface area contributed by atoms with Crippen molar-refractivity contribution in [3.8, 4) is 0 Å². The van der Waals surface area contributed by atoms with E-state index in [9.17, 15) is 4.79 Å². The van der Waals surface area contributed by atoms with Crippen molar-refractivity contribution in [2.45, 2.75) is 25.6 Å². The molecule has 6 heteroatoms. The number of carbonyl (C=O) groups is 1. The van der Waals surface area contributed by atoms with Gasteiger partial charge in [0, 0.05) is 28.4 Å². The minimum Gasteiger partial charge on any atom is -0.354 e. The predicted octanol–water partition coefficient (Wildman–Crippen LogP) is 3.34. The third kappa shape index (κ3) is 6.84. The maximum Gasteiger partial charge on any atom is 0.230 e. The number of hydrogen-bond acceptors (Lipinski definition) is 3. The van der Waals surface area contributed by atoms with E-state index in [4.69, 9.17) is 23.2 Å². The molecule has 0 aliphatic heterocycles. The molecule has 0 spiro atoms. The smallest absolute Gasteiger partial charge is 0.230 e. The lowest BCUT2D eigenvalue weighted by Gasteiger charge is -2.13. The van der Waals surface area contributed by atoms with Crippen molar-refractivity contribution in [3.05, 3.63) is 33.8 Å². The number of rotatable bonds is 8. The lowest BCUT2D eigenvalue weighted by molar-refractivity contribution is -0.118. The van der Waals surface area contributed by atoms with Gasteiger partial charge in [0.15, 0.2) is 0 Å². The van der Waals surface area contributed by atoms with Gasteiger partial charge in [-0.3, -0.25) is 4.79 Å². The van der Waals surface area contributed by atoms with E-state index in [-0.39, 0.29) is 5.91 Å². The number of amides is 1. The molecule has 0 aromatic heterocycles. The van der Waals surface area contributed by atoms with Gasteiger partial charge in [-0.05, 0) is 31.2 Å². The number of benzene rings is 1. The molecular weight excluding hydrogens is 315 g/mol. The van der Waals surface area contributed by atoms with Gasteiger partial charge in [-0.2, -0.15) is 0 Å². The van der Waals surface area contributed by atoms with Crippen LogP contribution < -0.4 is 10.6 Å². The van der Waals surface area contributed by atoms with Crippen LogP contribution >= 0.6 is 35.0 Å². The molecule has 20 heavy (non-hydrogen) atoms. The van der Waals surface area contributed by atoms with Gasteiger partial charge in [-0.15, -0.1) is 11.8 Å². The van der Waals surface area contributed by atoms with Crippen molar-refractivity contribution < 1.29 is 4.79 Å². The van der Waals surface area contributed by atoms with Gasteiger partial charge in [0.05, 0.1) is 5.75 Å². The Morgan fingerprint density at radius 1 is 1.40 bits per heavy atom. The number of likely N-dealkylation sites (N-methyl/N-ethyl adjacent to an activating group) is 1. The van der Waals surface area contributed by atoms with Crippen molar-refractivity contribution in [3.63, 3.8) is 0 Å². The van der Waals surface area contributed by atoms with Crippen LogP contribution in [0.2, 0.25) is 10.0 Å². The molecule has 0 unspecified atom stereocenters. The highest BCUT2D eigenvalue weighted by Crippen LogP contribution is 2.24. The largest absolute Gasteiger partial charge is 0.354 e. The first kappa shape index (κ1) is 17.6. The topological polar surface area (TPSA) is 41.1 Å². The monoisotopic (exact) mass is 334 g/mol. The molecular formula is C14H20Cl2N2OS. The quantitative estimate of drug-likeness (QED) is 0.766. The van der Waals surface area contributed by atoms with Crippen LogP contribution in [0.25, 0.3) is 0 Å². The molecule has 0 saturated heterocycles. The van der Waals surface area contributed by atoms with Crippen LogP contribution in [-0.2, 0) is 10.5 Å². The summed E-state index contributed by atoms with van der Waals surface area (Å²) in [5.41, 5.74) is 0.995. The number of thioether (sulfide) groups is 1. The second-order valence-corrected chi connectivity index (χ2v) is 6.32. The van der Waals surface area contributed by atoms with Crippen molar-refractivity contribution in [1.82, 2.24) is 10.6 Å². The lowest BCUT2D eigenvalue weighted by Crippen LogP contribution is -2.39. The Kier molecular flexibility index (Phi) is 8.38. The first-order chi connectivity index (χ1) is 9.52. The Balaban J connectivity index is 2.24. The molecule has 0 saturated carbocycles. The highest BCUT2D eigenvalue weighted by atomic mass is 35.5. The Hall–Kier alpha value is -0.420. The molecule has 0 bridgehead atoms. The molecule has 112 valence electrons. The molecule has 1 amide bonds. The summed E-state index contributed by atoms with van der Waals surface area (Å²) in [4.78, 5) is 11.7. The zero-order chi connectivity index (χ0) is 15.0. The summed E-state index contributed by atoms with van der Waals surface area (Å²) >= 11 is 13.5. The van der Waals surface area contributed by atoms with Crippen molar-refractivity contribution in [2.24, 2.45) is 0 Å². The summed E-state index contributed by atoms with van der Waals surface area (Å²) in [5.74, 6) is 1.18. The van der Waals surface area contributed by atoms with Gasteiger partial charge >= 0.3 is 0 Å². The van der Waals surface area contributed by atoms with Gasteiger partial charge in [-0.1, -0.05) is 36.2 Å². The maximum atomic E-state index is 11.7. The molecule has 1 atom stereocenters. The molecule has 1 aromatic rings. The average molecular weight is 335 g/mol. The highest BCUT2D eigenvalue weighted by Gasteiger charge is 2.06. The SMILES string of the molecule is CCN[C@H](C)CNC(=O)CSCc1ccc(Cl)cc1Cl. The summed E-state index contributed by atoms with van der Waals surface area (Å²) in [7, 11) is 0. The standard InChI is InChI=1S/C14H20Cl2N2OS/c1-3-17-10(2)7-18-14(19)9-20-8-11-4-5-12(15)6-13(11)16/h4-6,10,17H,3,7-9H2,1-2H3,(H,18,19)/t10-/m1/s1. The van der Waals surface area contributed by atoms with E-state index in [0.717, 1.165) is 12.1 Å². The second kappa shape index (κ2) is 9.50. The van der Waals surface area contributed by atoms with Crippen LogP contribution in [0, 0.1) is 0 Å². The third-order valence-corrected chi connectivity index (χ3v) is 4.23. The maximum absolute atomic E-state index is 11.7. The summed E-state index contributed by atoms with van der Waals surface area (Å²) in [6, 6.07) is 5.71. The summed E-state index contributed by atoms with van der Waals surface area (Å²) in [6.45, 7) is 5.64. The van der Waals surface area contributed by atoms with Gasteiger partial charge in [0.2, 0.25) is 5.91 Å². The van der Waals surface area contributed by atoms with Crippen LogP contribution in [0.4, 0.5) is 0 Å². The summed E-state index contributed by atoms with van der Waals surface area (Å²) in [6.07, 6.45) is 0. The summed E-state index contributed by atoms with van der Waals surface area (Å²) < 4.78 is 0. The van der Waals surface area contributed by atoms with E-state index in [2.05, 4.69) is 10.6 Å². The van der Waals surface area contributed by atoms with E-state index in [1.807, 2.05) is 26.0 Å². The first-order valence-corrected chi connectivity index (χ1v) is 8.45. The van der Waals surface area contributed by atoms with Gasteiger partial charge < -0.3 is 10.6 Å². The third-order valence-electron chi connectivity index (χ3n) is 2.66. The molecule has 1 rings (SSSR count). The number of halogens is 2. The molecule has 3 nitrogen and oxygen atoms in total. The Labute approximate surface area is 134 Å². The van der Waals surface area contributed by atoms with Crippen LogP contribution in [-0.4, -0.2) is 30.8 Å². The molecule has 0 fully saturated rings. The summed E-state index contributed by atoms with van der Waals surface area (Å²) in [5, 5.41) is 7.41. The molecule has 0 heterocycles. The Bertz CT molecular complexity index is 443. The minimum atomic E-state index is 0.0461. The van der Waals surface area contributed by atoms with Crippen molar-refractivity contribution >= 4 is 40.9 Å². The van der Waals surface area contributed by atoms with Crippen LogP contribution in [0.15, 0.2) is 18.2 Å². The van der Waals surface area contributed by atoms with E-state index < -0.39 is 0 Å². The van der Waals surface area contributed by atoms with Crippen LogP contribution in [0.5, 0.6) is 0 Å². The predicted molar refractivity (Wildman–Crippen MR) is 88.8 cm³/mol. The fourth-order valence-electron chi connectivity index (χ4n) is 1.63. The molecule has 2 N–H and O–H groups in total. The van der Waals surface area contributed by atoms with Crippen molar-refractivity contribution in [1.29, 1.82) is 0 Å². The molecule has 0 aliphatic carbocycles. The van der Waals surface area contributed by atoms with E-state index in [1.54, 1.807) is 6.07 Å². The van der Waals surface area contributed by atoms with E-state index in [1.165, 1.54) is 11.8 Å². The minimum absolute atomic E-state index is 0.0461. The van der Waals surface area contributed by atoms with Crippen molar-refractivity contribution in [2.75, 3.05) is 18.8 Å². The number of hydrogen-bond donors (Lipinski definition) is 2.